The first-order valence-corrected chi connectivity index (χ1v) is 9.09. The van der Waals surface area contributed by atoms with Gasteiger partial charge in [-0.15, -0.1) is 0 Å². The van der Waals surface area contributed by atoms with E-state index in [0.29, 0.717) is 32.9 Å². The average molecular weight is 440 g/mol. The van der Waals surface area contributed by atoms with E-state index in [0.717, 1.165) is 0 Å². The number of carbonyl (C=O) groups excluding carboxylic acids is 2. The third-order valence-corrected chi connectivity index (χ3v) is 4.04. The van der Waals surface area contributed by atoms with E-state index < -0.39 is 17.9 Å². The number of hydrogen-bond donors (Lipinski definition) is 2. The number of amides is 2. The summed E-state index contributed by atoms with van der Waals surface area (Å²) < 4.78 is 16.0. The largest absolute Gasteiger partial charge is 0.493 e. The average Bonchev–Trinajstić information content (AvgIpc) is 2.68. The van der Waals surface area contributed by atoms with Crippen LogP contribution in [0.2, 0.25) is 10.0 Å². The van der Waals surface area contributed by atoms with Gasteiger partial charge < -0.3 is 19.9 Å². The Bertz CT molecular complexity index is 921. The molecule has 2 aromatic carbocycles. The second kappa shape index (κ2) is 10.5. The summed E-state index contributed by atoms with van der Waals surface area (Å²) in [5.41, 5.74) is 8.06. The molecule has 0 bridgehead atoms. The predicted molar refractivity (Wildman–Crippen MR) is 110 cm³/mol. The zero-order valence-electron chi connectivity index (χ0n) is 15.6. The molecule has 0 aliphatic rings. The first-order chi connectivity index (χ1) is 13.8. The van der Waals surface area contributed by atoms with Crippen molar-refractivity contribution in [1.82, 2.24) is 5.43 Å². The molecule has 0 heterocycles. The molecular formula is C19H19Cl2N3O5. The second-order valence-electron chi connectivity index (χ2n) is 5.73. The van der Waals surface area contributed by atoms with Gasteiger partial charge in [-0.25, -0.2) is 5.43 Å². The number of nitrogens with zero attached hydrogens (tertiary/aromatic N) is 1. The van der Waals surface area contributed by atoms with Crippen LogP contribution in [0, 0.1) is 0 Å². The van der Waals surface area contributed by atoms with Crippen molar-refractivity contribution in [3.63, 3.8) is 0 Å². The van der Waals surface area contributed by atoms with E-state index >= 15 is 0 Å². The molecule has 8 nitrogen and oxygen atoms in total. The molecule has 29 heavy (non-hydrogen) atoms. The summed E-state index contributed by atoms with van der Waals surface area (Å²) in [6.45, 7) is 1.29. The van der Waals surface area contributed by atoms with Crippen LogP contribution in [-0.2, 0) is 9.59 Å². The smallest absolute Gasteiger partial charge is 0.280 e. The molecule has 0 saturated heterocycles. The molecule has 0 radical (unpaired) electrons. The zero-order valence-corrected chi connectivity index (χ0v) is 17.2. The molecule has 0 spiro atoms. The minimum Gasteiger partial charge on any atom is -0.493 e. The highest BCUT2D eigenvalue weighted by Crippen LogP contribution is 2.28. The van der Waals surface area contributed by atoms with E-state index in [1.807, 2.05) is 0 Å². The molecule has 154 valence electrons. The topological polar surface area (TPSA) is 112 Å². The fraction of sp³-hybridized carbons (Fsp3) is 0.211. The van der Waals surface area contributed by atoms with Crippen molar-refractivity contribution in [3.05, 3.63) is 52.0 Å². The molecule has 1 atom stereocenters. The number of rotatable bonds is 9. The Morgan fingerprint density at radius 1 is 1.17 bits per heavy atom. The summed E-state index contributed by atoms with van der Waals surface area (Å²) in [6.07, 6.45) is 0.574. The van der Waals surface area contributed by atoms with Crippen LogP contribution in [0.15, 0.2) is 41.5 Å². The number of hydrazone groups is 1. The van der Waals surface area contributed by atoms with Crippen LogP contribution in [0.3, 0.4) is 0 Å². The van der Waals surface area contributed by atoms with Gasteiger partial charge in [-0.3, -0.25) is 9.59 Å². The number of carbonyl (C=O) groups is 2. The minimum atomic E-state index is -0.843. The Morgan fingerprint density at radius 2 is 1.90 bits per heavy atom. The lowest BCUT2D eigenvalue weighted by molar-refractivity contribution is -0.127. The monoisotopic (exact) mass is 439 g/mol. The van der Waals surface area contributed by atoms with Gasteiger partial charge in [0.1, 0.15) is 5.75 Å². The number of methoxy groups -OCH3 is 1. The SMILES string of the molecule is COc1cc(/C=N/NC(=O)C(C)Oc2ccc(Cl)cc2Cl)ccc1OCC(N)=O. The summed E-state index contributed by atoms with van der Waals surface area (Å²) in [6, 6.07) is 9.59. The van der Waals surface area contributed by atoms with Gasteiger partial charge >= 0.3 is 0 Å². The van der Waals surface area contributed by atoms with Gasteiger partial charge in [-0.2, -0.15) is 5.10 Å². The van der Waals surface area contributed by atoms with Crippen molar-refractivity contribution < 1.29 is 23.8 Å². The Kier molecular flexibility index (Phi) is 8.11. The highest BCUT2D eigenvalue weighted by Gasteiger charge is 2.15. The second-order valence-corrected chi connectivity index (χ2v) is 6.58. The van der Waals surface area contributed by atoms with Gasteiger partial charge in [-0.05, 0) is 48.9 Å². The molecule has 0 aliphatic heterocycles. The van der Waals surface area contributed by atoms with E-state index in [1.165, 1.54) is 19.4 Å². The first kappa shape index (κ1) is 22.3. The van der Waals surface area contributed by atoms with Crippen LogP contribution in [-0.4, -0.2) is 37.8 Å². The predicted octanol–water partition coefficient (Wildman–Crippen LogP) is 2.78. The maximum atomic E-state index is 12.1. The van der Waals surface area contributed by atoms with Crippen molar-refractivity contribution >= 4 is 41.2 Å². The summed E-state index contributed by atoms with van der Waals surface area (Å²) >= 11 is 11.9. The van der Waals surface area contributed by atoms with Crippen molar-refractivity contribution in [2.75, 3.05) is 13.7 Å². The summed E-state index contributed by atoms with van der Waals surface area (Å²) in [7, 11) is 1.45. The third kappa shape index (κ3) is 6.85. The quantitative estimate of drug-likeness (QED) is 0.460. The molecule has 0 aromatic heterocycles. The number of primary amides is 1. The molecule has 0 aliphatic carbocycles. The Labute approximate surface area is 177 Å². The van der Waals surface area contributed by atoms with Crippen molar-refractivity contribution in [1.29, 1.82) is 0 Å². The number of benzene rings is 2. The molecule has 1 unspecified atom stereocenters. The number of hydrogen-bond acceptors (Lipinski definition) is 6. The number of nitrogens with one attached hydrogen (secondary N) is 1. The molecule has 2 rings (SSSR count). The molecule has 2 amide bonds. The van der Waals surface area contributed by atoms with Gasteiger partial charge in [0, 0.05) is 5.02 Å². The Balaban J connectivity index is 1.95. The van der Waals surface area contributed by atoms with Gasteiger partial charge in [0.15, 0.2) is 24.2 Å². The highest BCUT2D eigenvalue weighted by atomic mass is 35.5. The van der Waals surface area contributed by atoms with Crippen molar-refractivity contribution in [2.24, 2.45) is 10.8 Å². The number of halogens is 2. The van der Waals surface area contributed by atoms with E-state index in [1.54, 1.807) is 37.3 Å². The summed E-state index contributed by atoms with van der Waals surface area (Å²) in [4.78, 5) is 23.0. The molecule has 3 N–H and O–H groups in total. The Morgan fingerprint density at radius 3 is 2.55 bits per heavy atom. The van der Waals surface area contributed by atoms with Crippen LogP contribution in [0.4, 0.5) is 0 Å². The third-order valence-electron chi connectivity index (χ3n) is 3.51. The molecule has 0 saturated carbocycles. The lowest BCUT2D eigenvalue weighted by atomic mass is 10.2. The molecule has 2 aromatic rings. The molecule has 10 heteroatoms. The van der Waals surface area contributed by atoms with Crippen LogP contribution in [0.25, 0.3) is 0 Å². The minimum absolute atomic E-state index is 0.268. The van der Waals surface area contributed by atoms with Crippen LogP contribution in [0.5, 0.6) is 17.2 Å². The fourth-order valence-corrected chi connectivity index (χ4v) is 2.56. The van der Waals surface area contributed by atoms with Gasteiger partial charge in [0.05, 0.1) is 18.3 Å². The zero-order chi connectivity index (χ0) is 21.4. The fourth-order valence-electron chi connectivity index (χ4n) is 2.11. The van der Waals surface area contributed by atoms with Crippen molar-refractivity contribution in [3.8, 4) is 17.2 Å². The highest BCUT2D eigenvalue weighted by molar-refractivity contribution is 6.35. The Hall–Kier alpha value is -2.97. The summed E-state index contributed by atoms with van der Waals surface area (Å²) in [5.74, 6) is 0.00113. The van der Waals surface area contributed by atoms with Gasteiger partial charge in [0.2, 0.25) is 0 Å². The maximum absolute atomic E-state index is 12.1. The summed E-state index contributed by atoms with van der Waals surface area (Å²) in [5, 5.41) is 4.65. The normalized spacial score (nSPS) is 11.7. The standard InChI is InChI=1S/C19H19Cl2N3O5/c1-11(29-15-6-4-13(20)8-14(15)21)19(26)24-23-9-12-3-5-16(17(7-12)27-2)28-10-18(22)25/h3-9,11H,10H2,1-2H3,(H2,22,25)(H,24,26)/b23-9+. The van der Waals surface area contributed by atoms with E-state index in [2.05, 4.69) is 10.5 Å². The van der Waals surface area contributed by atoms with Crippen molar-refractivity contribution in [2.45, 2.75) is 13.0 Å². The first-order valence-electron chi connectivity index (χ1n) is 8.34. The van der Waals surface area contributed by atoms with Crippen LogP contribution >= 0.6 is 23.2 Å². The van der Waals surface area contributed by atoms with Gasteiger partial charge in [0.25, 0.3) is 11.8 Å². The molecule has 0 fully saturated rings. The maximum Gasteiger partial charge on any atom is 0.280 e. The van der Waals surface area contributed by atoms with E-state index in [9.17, 15) is 9.59 Å². The van der Waals surface area contributed by atoms with E-state index in [-0.39, 0.29) is 6.61 Å². The lowest BCUT2D eigenvalue weighted by Crippen LogP contribution is -2.33. The number of nitrogens with two attached hydrogens (primary N) is 1. The van der Waals surface area contributed by atoms with Crippen LogP contribution < -0.4 is 25.4 Å². The lowest BCUT2D eigenvalue weighted by Gasteiger charge is -2.14. The van der Waals surface area contributed by atoms with E-state index in [4.69, 9.17) is 43.1 Å². The number of ether oxygens (including phenoxy) is 3. The van der Waals surface area contributed by atoms with Crippen LogP contribution in [0.1, 0.15) is 12.5 Å². The van der Waals surface area contributed by atoms with Gasteiger partial charge in [-0.1, -0.05) is 23.2 Å². The molecular weight excluding hydrogens is 421 g/mol.